The average Bonchev–Trinajstić information content (AvgIpc) is 3.22. The molecule has 0 bridgehead atoms. The highest BCUT2D eigenvalue weighted by Crippen LogP contribution is 2.33. The molecule has 0 unspecified atom stereocenters. The molecule has 0 N–H and O–H groups in total. The highest BCUT2D eigenvalue weighted by molar-refractivity contribution is 7.18. The Morgan fingerprint density at radius 1 is 1.12 bits per heavy atom. The molecule has 172 valence electrons. The van der Waals surface area contributed by atoms with Gasteiger partial charge in [0.05, 0.1) is 24.2 Å². The molecule has 1 amide bonds. The molecule has 6 nitrogen and oxygen atoms in total. The van der Waals surface area contributed by atoms with Crippen molar-refractivity contribution in [1.29, 1.82) is 0 Å². The zero-order valence-corrected chi connectivity index (χ0v) is 20.0. The Bertz CT molecular complexity index is 1560. The van der Waals surface area contributed by atoms with Gasteiger partial charge in [0.15, 0.2) is 0 Å². The molecule has 4 aromatic rings. The molecule has 3 heterocycles. The number of amides is 1. The Kier molecular flexibility index (Phi) is 5.57. The number of hydrogen-bond donors (Lipinski definition) is 0. The van der Waals surface area contributed by atoms with E-state index in [1.165, 1.54) is 15.9 Å². The number of hydrogen-bond acceptors (Lipinski definition) is 4. The van der Waals surface area contributed by atoms with Crippen molar-refractivity contribution in [2.75, 3.05) is 6.54 Å². The van der Waals surface area contributed by atoms with Crippen molar-refractivity contribution in [3.8, 4) is 5.69 Å². The number of aryl methyl sites for hydroxylation is 1. The fourth-order valence-corrected chi connectivity index (χ4v) is 5.93. The van der Waals surface area contributed by atoms with Crippen molar-refractivity contribution < 1.29 is 4.79 Å². The van der Waals surface area contributed by atoms with Gasteiger partial charge in [0.25, 0.3) is 5.56 Å². The SMILES string of the molecule is C=Cc1ccc(Cn2c(=O)n(-c3ccccc3C)c(=O)c3c4c(sc32)CN(C(C)=O)CC4)cc1. The Morgan fingerprint density at radius 3 is 2.53 bits per heavy atom. The van der Waals surface area contributed by atoms with E-state index in [0.29, 0.717) is 42.0 Å². The van der Waals surface area contributed by atoms with E-state index in [1.54, 1.807) is 22.5 Å². The number of nitrogens with zero attached hydrogens (tertiary/aromatic N) is 3. The predicted molar refractivity (Wildman–Crippen MR) is 137 cm³/mol. The third-order valence-electron chi connectivity index (χ3n) is 6.48. The van der Waals surface area contributed by atoms with Crippen LogP contribution in [0.25, 0.3) is 22.0 Å². The van der Waals surface area contributed by atoms with Gasteiger partial charge in [-0.3, -0.25) is 14.2 Å². The first-order valence-corrected chi connectivity index (χ1v) is 12.0. The van der Waals surface area contributed by atoms with Gasteiger partial charge >= 0.3 is 5.69 Å². The Balaban J connectivity index is 1.79. The van der Waals surface area contributed by atoms with Crippen molar-refractivity contribution in [3.05, 3.63) is 103 Å². The summed E-state index contributed by atoms with van der Waals surface area (Å²) >= 11 is 1.45. The first-order valence-electron chi connectivity index (χ1n) is 11.2. The van der Waals surface area contributed by atoms with Crippen molar-refractivity contribution >= 4 is 33.5 Å². The molecule has 2 aromatic carbocycles. The third kappa shape index (κ3) is 3.62. The molecule has 7 heteroatoms. The molecule has 5 rings (SSSR count). The molecule has 2 aromatic heterocycles. The van der Waals surface area contributed by atoms with Crippen LogP contribution >= 0.6 is 11.3 Å². The zero-order chi connectivity index (χ0) is 24.0. The molecular formula is C27H25N3O3S. The summed E-state index contributed by atoms with van der Waals surface area (Å²) in [6.07, 6.45) is 2.38. The number of fused-ring (bicyclic) bond motifs is 3. The lowest BCUT2D eigenvalue weighted by atomic mass is 10.1. The largest absolute Gasteiger partial charge is 0.337 e. The average molecular weight is 472 g/mol. The molecule has 0 aliphatic carbocycles. The number of carbonyl (C=O) groups is 1. The van der Waals surface area contributed by atoms with E-state index in [0.717, 1.165) is 27.1 Å². The Labute approximate surface area is 201 Å². The van der Waals surface area contributed by atoms with E-state index in [2.05, 4.69) is 6.58 Å². The van der Waals surface area contributed by atoms with Gasteiger partial charge in [-0.2, -0.15) is 0 Å². The summed E-state index contributed by atoms with van der Waals surface area (Å²) < 4.78 is 3.01. The molecule has 0 fully saturated rings. The summed E-state index contributed by atoms with van der Waals surface area (Å²) in [6.45, 7) is 8.64. The van der Waals surface area contributed by atoms with Crippen molar-refractivity contribution in [3.63, 3.8) is 0 Å². The van der Waals surface area contributed by atoms with Crippen molar-refractivity contribution in [2.45, 2.75) is 33.4 Å². The monoisotopic (exact) mass is 471 g/mol. The normalized spacial score (nSPS) is 13.2. The van der Waals surface area contributed by atoms with E-state index < -0.39 is 0 Å². The van der Waals surface area contributed by atoms with Crippen LogP contribution in [0, 0.1) is 6.92 Å². The number of rotatable bonds is 4. The van der Waals surface area contributed by atoms with Crippen LogP contribution in [0.1, 0.15) is 34.1 Å². The van der Waals surface area contributed by atoms with Crippen LogP contribution in [0.2, 0.25) is 0 Å². The molecule has 0 atom stereocenters. The van der Waals surface area contributed by atoms with Gasteiger partial charge in [-0.05, 0) is 41.7 Å². The first-order chi connectivity index (χ1) is 16.4. The molecule has 0 saturated heterocycles. The first kappa shape index (κ1) is 22.1. The van der Waals surface area contributed by atoms with Crippen molar-refractivity contribution in [2.24, 2.45) is 0 Å². The van der Waals surface area contributed by atoms with E-state index in [4.69, 9.17) is 0 Å². The molecule has 1 aliphatic heterocycles. The van der Waals surface area contributed by atoms with E-state index in [1.807, 2.05) is 55.5 Å². The topological polar surface area (TPSA) is 64.3 Å². The van der Waals surface area contributed by atoms with Gasteiger partial charge in [0, 0.05) is 18.3 Å². The van der Waals surface area contributed by atoms with E-state index in [9.17, 15) is 14.4 Å². The summed E-state index contributed by atoms with van der Waals surface area (Å²) in [7, 11) is 0. The summed E-state index contributed by atoms with van der Waals surface area (Å²) in [6, 6.07) is 15.3. The minimum absolute atomic E-state index is 0.0140. The summed E-state index contributed by atoms with van der Waals surface area (Å²) in [4.78, 5) is 43.0. The lowest BCUT2D eigenvalue weighted by Gasteiger charge is -2.25. The van der Waals surface area contributed by atoms with Crippen LogP contribution < -0.4 is 11.2 Å². The number of benzene rings is 2. The number of thiophene rings is 1. The third-order valence-corrected chi connectivity index (χ3v) is 7.72. The van der Waals surface area contributed by atoms with Gasteiger partial charge in [-0.1, -0.05) is 55.1 Å². The lowest BCUT2D eigenvalue weighted by molar-refractivity contribution is -0.129. The van der Waals surface area contributed by atoms with Crippen LogP contribution in [-0.4, -0.2) is 26.5 Å². The molecular weight excluding hydrogens is 446 g/mol. The van der Waals surface area contributed by atoms with Crippen LogP contribution in [0.3, 0.4) is 0 Å². The van der Waals surface area contributed by atoms with Crippen LogP contribution in [0.5, 0.6) is 0 Å². The highest BCUT2D eigenvalue weighted by Gasteiger charge is 2.27. The maximum absolute atomic E-state index is 13.8. The zero-order valence-electron chi connectivity index (χ0n) is 19.2. The fourth-order valence-electron chi connectivity index (χ4n) is 4.58. The second-order valence-corrected chi connectivity index (χ2v) is 9.70. The Morgan fingerprint density at radius 2 is 1.85 bits per heavy atom. The lowest BCUT2D eigenvalue weighted by Crippen LogP contribution is -2.39. The standard InChI is InChI=1S/C27H25N3O3S/c1-4-19-9-11-20(12-10-19)15-29-26-24(21-13-14-28(18(3)31)16-23(21)34-26)25(32)30(27(29)33)22-8-6-5-7-17(22)2/h4-12H,1,13-16H2,2-3H3. The van der Waals surface area contributed by atoms with E-state index >= 15 is 0 Å². The van der Waals surface area contributed by atoms with E-state index in [-0.39, 0.29) is 17.2 Å². The maximum Gasteiger partial charge on any atom is 0.337 e. The minimum Gasteiger partial charge on any atom is -0.337 e. The van der Waals surface area contributed by atoms with Crippen LogP contribution in [0.4, 0.5) is 0 Å². The maximum atomic E-state index is 13.8. The van der Waals surface area contributed by atoms with Crippen LogP contribution in [-0.2, 0) is 24.3 Å². The second-order valence-electron chi connectivity index (χ2n) is 8.62. The molecule has 1 aliphatic rings. The number of carbonyl (C=O) groups excluding carboxylic acids is 1. The summed E-state index contributed by atoms with van der Waals surface area (Å²) in [5, 5.41) is 0.591. The number of aromatic nitrogens is 2. The van der Waals surface area contributed by atoms with Gasteiger partial charge in [0.1, 0.15) is 4.83 Å². The summed E-state index contributed by atoms with van der Waals surface area (Å²) in [5.74, 6) is 0.0140. The molecule has 0 spiro atoms. The van der Waals surface area contributed by atoms with Crippen LogP contribution in [0.15, 0.2) is 64.7 Å². The Hall–Kier alpha value is -3.71. The quantitative estimate of drug-likeness (QED) is 0.450. The smallest absolute Gasteiger partial charge is 0.337 e. The highest BCUT2D eigenvalue weighted by atomic mass is 32.1. The molecule has 0 saturated carbocycles. The van der Waals surface area contributed by atoms with Gasteiger partial charge in [-0.15, -0.1) is 11.3 Å². The van der Waals surface area contributed by atoms with Gasteiger partial charge < -0.3 is 4.90 Å². The van der Waals surface area contributed by atoms with Gasteiger partial charge in [0.2, 0.25) is 5.91 Å². The number of para-hydroxylation sites is 1. The second kappa shape index (κ2) is 8.57. The summed E-state index contributed by atoms with van der Waals surface area (Å²) in [5.41, 5.74) is 3.72. The minimum atomic E-state index is -0.360. The van der Waals surface area contributed by atoms with Gasteiger partial charge in [-0.25, -0.2) is 9.36 Å². The molecule has 34 heavy (non-hydrogen) atoms. The predicted octanol–water partition coefficient (Wildman–Crippen LogP) is 4.12. The molecule has 0 radical (unpaired) electrons. The fraction of sp³-hybridized carbons (Fsp3) is 0.222. The van der Waals surface area contributed by atoms with Crippen molar-refractivity contribution in [1.82, 2.24) is 14.0 Å².